The monoisotopic (exact) mass is 441 g/mol. The lowest BCUT2D eigenvalue weighted by molar-refractivity contribution is 0.0697. The fourth-order valence-electron chi connectivity index (χ4n) is 4.68. The summed E-state index contributed by atoms with van der Waals surface area (Å²) in [7, 11) is 0. The third-order valence-corrected chi connectivity index (χ3v) is 6.72. The Bertz CT molecular complexity index is 749. The Hall–Kier alpha value is -1.77. The number of aromatic nitrogens is 1. The lowest BCUT2D eigenvalue weighted by Crippen LogP contribution is -1.94. The minimum atomic E-state index is -0.863. The van der Waals surface area contributed by atoms with E-state index in [1.165, 1.54) is 121 Å². The van der Waals surface area contributed by atoms with Crippen LogP contribution in [-0.2, 0) is 6.42 Å². The molecular formula is C29H47NO2. The van der Waals surface area contributed by atoms with Crippen molar-refractivity contribution in [1.82, 2.24) is 4.98 Å². The number of carboxylic acid groups (broad SMARTS) is 1. The second-order valence-electron chi connectivity index (χ2n) is 9.66. The van der Waals surface area contributed by atoms with E-state index in [0.717, 1.165) is 17.3 Å². The van der Waals surface area contributed by atoms with Crippen molar-refractivity contribution in [3.8, 4) is 0 Å². The van der Waals surface area contributed by atoms with Crippen LogP contribution in [0, 0.1) is 0 Å². The van der Waals surface area contributed by atoms with Gasteiger partial charge >= 0.3 is 5.97 Å². The van der Waals surface area contributed by atoms with Crippen LogP contribution in [0.25, 0.3) is 10.9 Å². The number of rotatable bonds is 20. The molecule has 0 radical (unpaired) electrons. The SMILES string of the molecule is CCCCCCCCCCCCCCCCCCCCc1cc2cc(C(=O)O)ccc2[nH]1. The van der Waals surface area contributed by atoms with Crippen LogP contribution < -0.4 is 0 Å². The van der Waals surface area contributed by atoms with E-state index in [9.17, 15) is 4.79 Å². The number of unbranched alkanes of at least 4 members (excludes halogenated alkanes) is 17. The minimum Gasteiger partial charge on any atom is -0.478 e. The van der Waals surface area contributed by atoms with Gasteiger partial charge in [-0.25, -0.2) is 4.79 Å². The first-order valence-corrected chi connectivity index (χ1v) is 13.6. The van der Waals surface area contributed by atoms with Crippen molar-refractivity contribution in [1.29, 1.82) is 0 Å². The summed E-state index contributed by atoms with van der Waals surface area (Å²) in [4.78, 5) is 14.5. The molecule has 0 bridgehead atoms. The maximum Gasteiger partial charge on any atom is 0.335 e. The molecule has 3 heteroatoms. The molecule has 0 fully saturated rings. The van der Waals surface area contributed by atoms with E-state index in [-0.39, 0.29) is 0 Å². The van der Waals surface area contributed by atoms with Crippen molar-refractivity contribution in [2.45, 2.75) is 129 Å². The van der Waals surface area contributed by atoms with Crippen LogP contribution in [0.1, 0.15) is 139 Å². The zero-order valence-electron chi connectivity index (χ0n) is 20.6. The molecule has 3 nitrogen and oxygen atoms in total. The molecule has 2 aromatic rings. The molecule has 180 valence electrons. The Morgan fingerprint density at radius 3 is 1.62 bits per heavy atom. The minimum absolute atomic E-state index is 0.358. The highest BCUT2D eigenvalue weighted by molar-refractivity contribution is 5.93. The highest BCUT2D eigenvalue weighted by atomic mass is 16.4. The molecule has 1 heterocycles. The second-order valence-corrected chi connectivity index (χ2v) is 9.66. The fraction of sp³-hybridized carbons (Fsp3) is 0.690. The molecule has 1 aromatic carbocycles. The topological polar surface area (TPSA) is 53.1 Å². The fourth-order valence-corrected chi connectivity index (χ4v) is 4.68. The Morgan fingerprint density at radius 2 is 1.16 bits per heavy atom. The molecule has 0 aliphatic heterocycles. The second kappa shape index (κ2) is 16.8. The normalized spacial score (nSPS) is 11.4. The van der Waals surface area contributed by atoms with Gasteiger partial charge in [0.05, 0.1) is 5.56 Å². The van der Waals surface area contributed by atoms with Crippen LogP contribution in [0.3, 0.4) is 0 Å². The summed E-state index contributed by atoms with van der Waals surface area (Å²) >= 11 is 0. The zero-order chi connectivity index (χ0) is 22.9. The highest BCUT2D eigenvalue weighted by Gasteiger charge is 2.06. The van der Waals surface area contributed by atoms with E-state index >= 15 is 0 Å². The van der Waals surface area contributed by atoms with Gasteiger partial charge in [-0.15, -0.1) is 0 Å². The van der Waals surface area contributed by atoms with Crippen LogP contribution in [0.15, 0.2) is 24.3 Å². The van der Waals surface area contributed by atoms with Crippen LogP contribution in [0.2, 0.25) is 0 Å². The van der Waals surface area contributed by atoms with E-state index in [1.54, 1.807) is 12.1 Å². The van der Waals surface area contributed by atoms with E-state index in [2.05, 4.69) is 18.0 Å². The molecule has 0 aliphatic rings. The summed E-state index contributed by atoms with van der Waals surface area (Å²) in [6, 6.07) is 7.40. The summed E-state index contributed by atoms with van der Waals surface area (Å²) in [5.74, 6) is -0.863. The number of carboxylic acids is 1. The first kappa shape index (κ1) is 26.5. The van der Waals surface area contributed by atoms with Crippen molar-refractivity contribution >= 4 is 16.9 Å². The van der Waals surface area contributed by atoms with Gasteiger partial charge in [0.15, 0.2) is 0 Å². The van der Waals surface area contributed by atoms with Gasteiger partial charge in [-0.1, -0.05) is 116 Å². The molecule has 32 heavy (non-hydrogen) atoms. The van der Waals surface area contributed by atoms with Gasteiger partial charge in [-0.2, -0.15) is 0 Å². The summed E-state index contributed by atoms with van der Waals surface area (Å²) in [5, 5.41) is 10.1. The van der Waals surface area contributed by atoms with E-state index < -0.39 is 5.97 Å². The Kier molecular flexibility index (Phi) is 13.9. The van der Waals surface area contributed by atoms with Gasteiger partial charge in [0, 0.05) is 16.6 Å². The van der Waals surface area contributed by atoms with Crippen molar-refractivity contribution in [2.24, 2.45) is 0 Å². The Morgan fingerprint density at radius 1 is 0.688 bits per heavy atom. The van der Waals surface area contributed by atoms with Gasteiger partial charge in [0.2, 0.25) is 0 Å². The lowest BCUT2D eigenvalue weighted by Gasteiger charge is -2.04. The lowest BCUT2D eigenvalue weighted by atomic mass is 10.0. The summed E-state index contributed by atoms with van der Waals surface area (Å²) in [6.07, 6.45) is 26.3. The maximum absolute atomic E-state index is 11.1. The summed E-state index contributed by atoms with van der Waals surface area (Å²) < 4.78 is 0. The number of hydrogen-bond acceptors (Lipinski definition) is 1. The van der Waals surface area contributed by atoms with Gasteiger partial charge in [-0.05, 0) is 37.1 Å². The Labute approximate surface area is 196 Å². The van der Waals surface area contributed by atoms with Crippen molar-refractivity contribution in [2.75, 3.05) is 0 Å². The van der Waals surface area contributed by atoms with E-state index in [4.69, 9.17) is 5.11 Å². The quantitative estimate of drug-likeness (QED) is 0.201. The van der Waals surface area contributed by atoms with E-state index in [1.807, 2.05) is 6.07 Å². The zero-order valence-corrected chi connectivity index (χ0v) is 20.6. The summed E-state index contributed by atoms with van der Waals surface area (Å²) in [6.45, 7) is 2.29. The molecule has 2 N–H and O–H groups in total. The van der Waals surface area contributed by atoms with Crippen molar-refractivity contribution < 1.29 is 9.90 Å². The molecule has 0 amide bonds. The molecule has 0 atom stereocenters. The summed E-state index contributed by atoms with van der Waals surface area (Å²) in [5.41, 5.74) is 2.61. The molecule has 0 saturated heterocycles. The number of aromatic amines is 1. The Balaban J connectivity index is 1.36. The molecular weight excluding hydrogens is 394 g/mol. The number of nitrogens with one attached hydrogen (secondary N) is 1. The number of hydrogen-bond donors (Lipinski definition) is 2. The average molecular weight is 442 g/mol. The van der Waals surface area contributed by atoms with Crippen LogP contribution in [0.4, 0.5) is 0 Å². The molecule has 0 saturated carbocycles. The molecule has 0 spiro atoms. The van der Waals surface area contributed by atoms with E-state index in [0.29, 0.717) is 5.56 Å². The third kappa shape index (κ3) is 11.2. The molecule has 0 aliphatic carbocycles. The van der Waals surface area contributed by atoms with Gasteiger partial charge in [0.1, 0.15) is 0 Å². The largest absolute Gasteiger partial charge is 0.478 e. The van der Waals surface area contributed by atoms with Crippen LogP contribution in [-0.4, -0.2) is 16.1 Å². The number of H-pyrrole nitrogens is 1. The predicted octanol–water partition coefficient (Wildman–Crippen LogP) is 9.45. The van der Waals surface area contributed by atoms with Crippen LogP contribution >= 0.6 is 0 Å². The number of carbonyl (C=O) groups is 1. The average Bonchev–Trinajstić information content (AvgIpc) is 3.20. The molecule has 2 rings (SSSR count). The predicted molar refractivity (Wildman–Crippen MR) is 138 cm³/mol. The smallest absolute Gasteiger partial charge is 0.335 e. The first-order chi connectivity index (χ1) is 15.7. The van der Waals surface area contributed by atoms with Crippen molar-refractivity contribution in [3.63, 3.8) is 0 Å². The standard InChI is InChI=1S/C29H47NO2/c1-2-3-4-5-6-7-8-9-10-11-12-13-14-15-16-17-18-19-20-27-24-26-23-25(29(31)32)21-22-28(26)30-27/h21-24,30H,2-20H2,1H3,(H,31,32). The third-order valence-electron chi connectivity index (χ3n) is 6.72. The highest BCUT2D eigenvalue weighted by Crippen LogP contribution is 2.19. The first-order valence-electron chi connectivity index (χ1n) is 13.6. The maximum atomic E-state index is 11.1. The number of benzene rings is 1. The molecule has 1 aromatic heterocycles. The van der Waals surface area contributed by atoms with Crippen molar-refractivity contribution in [3.05, 3.63) is 35.5 Å². The van der Waals surface area contributed by atoms with Gasteiger partial charge in [0.25, 0.3) is 0 Å². The number of aromatic carboxylic acids is 1. The number of aryl methyl sites for hydroxylation is 1. The van der Waals surface area contributed by atoms with Gasteiger partial charge in [-0.3, -0.25) is 0 Å². The molecule has 0 unspecified atom stereocenters. The van der Waals surface area contributed by atoms with Gasteiger partial charge < -0.3 is 10.1 Å². The number of fused-ring (bicyclic) bond motifs is 1. The van der Waals surface area contributed by atoms with Crippen LogP contribution in [0.5, 0.6) is 0 Å².